The van der Waals surface area contributed by atoms with Crippen molar-refractivity contribution in [2.24, 2.45) is 5.92 Å². The van der Waals surface area contributed by atoms with Gasteiger partial charge in [0.05, 0.1) is 0 Å². The Morgan fingerprint density at radius 2 is 1.83 bits per heavy atom. The summed E-state index contributed by atoms with van der Waals surface area (Å²) in [5, 5.41) is 0. The molecule has 0 heterocycles. The molecule has 1 unspecified atom stereocenters. The second-order valence-electron chi connectivity index (χ2n) is 3.36. The molecule has 0 aromatic heterocycles. The molecule has 0 aliphatic carbocycles. The van der Waals surface area contributed by atoms with Crippen molar-refractivity contribution >= 4 is 0 Å². The first-order valence-electron chi connectivity index (χ1n) is 5.08. The van der Waals surface area contributed by atoms with E-state index in [2.05, 4.69) is 26.2 Å². The highest BCUT2D eigenvalue weighted by Crippen LogP contribution is 2.16. The van der Waals surface area contributed by atoms with Crippen molar-refractivity contribution in [3.8, 4) is 0 Å². The predicted molar refractivity (Wildman–Crippen MR) is 57.3 cm³/mol. The smallest absolute Gasteiger partial charge is 0.0236 e. The summed E-state index contributed by atoms with van der Waals surface area (Å²) >= 11 is 0. The largest absolute Gasteiger partial charge is 0.103 e. The Labute approximate surface area is 77.4 Å². The van der Waals surface area contributed by atoms with Gasteiger partial charge in [0, 0.05) is 0 Å². The van der Waals surface area contributed by atoms with Gasteiger partial charge in [-0.05, 0) is 31.6 Å². The van der Waals surface area contributed by atoms with Crippen LogP contribution in [0.4, 0.5) is 0 Å². The van der Waals surface area contributed by atoms with Crippen LogP contribution in [0.25, 0.3) is 0 Å². The van der Waals surface area contributed by atoms with Crippen LogP contribution in [0.5, 0.6) is 0 Å². The van der Waals surface area contributed by atoms with E-state index in [1.165, 1.54) is 32.1 Å². The van der Waals surface area contributed by atoms with Crippen LogP contribution in [0, 0.1) is 5.92 Å². The number of hydrogen-bond acceptors (Lipinski definition) is 0. The molecular weight excluding hydrogens is 144 g/mol. The van der Waals surface area contributed by atoms with Gasteiger partial charge in [0.2, 0.25) is 0 Å². The molecule has 0 rings (SSSR count). The maximum Gasteiger partial charge on any atom is -0.0236 e. The SMILES string of the molecule is C=CCCCC(C=C)CCCC. The highest BCUT2D eigenvalue weighted by molar-refractivity contribution is 4.79. The molecule has 0 saturated carbocycles. The fourth-order valence-electron chi connectivity index (χ4n) is 1.37. The normalized spacial score (nSPS) is 12.4. The summed E-state index contributed by atoms with van der Waals surface area (Å²) in [4.78, 5) is 0. The third kappa shape index (κ3) is 6.21. The van der Waals surface area contributed by atoms with Crippen LogP contribution in [0.1, 0.15) is 45.4 Å². The minimum atomic E-state index is 0.741. The van der Waals surface area contributed by atoms with Gasteiger partial charge in [-0.3, -0.25) is 0 Å². The van der Waals surface area contributed by atoms with E-state index in [9.17, 15) is 0 Å². The molecule has 0 aliphatic heterocycles. The molecule has 0 aliphatic rings. The fraction of sp³-hybridized carbons (Fsp3) is 0.667. The summed E-state index contributed by atoms with van der Waals surface area (Å²) in [5.41, 5.74) is 0. The second-order valence-corrected chi connectivity index (χ2v) is 3.36. The van der Waals surface area contributed by atoms with Crippen LogP contribution in [-0.2, 0) is 0 Å². The Bertz CT molecular complexity index is 113. The van der Waals surface area contributed by atoms with E-state index in [0.717, 1.165) is 12.3 Å². The maximum absolute atomic E-state index is 3.87. The van der Waals surface area contributed by atoms with Crippen molar-refractivity contribution in [2.45, 2.75) is 45.4 Å². The molecule has 0 aromatic rings. The van der Waals surface area contributed by atoms with Gasteiger partial charge in [-0.1, -0.05) is 31.9 Å². The Balaban J connectivity index is 3.38. The first-order valence-corrected chi connectivity index (χ1v) is 5.08. The van der Waals surface area contributed by atoms with E-state index in [1.807, 2.05) is 6.08 Å². The molecule has 0 radical (unpaired) electrons. The number of hydrogen-bond donors (Lipinski definition) is 0. The van der Waals surface area contributed by atoms with Crippen LogP contribution in [0.15, 0.2) is 25.3 Å². The van der Waals surface area contributed by atoms with Gasteiger partial charge in [-0.15, -0.1) is 13.2 Å². The molecule has 0 fully saturated rings. The third-order valence-corrected chi connectivity index (χ3v) is 2.24. The van der Waals surface area contributed by atoms with Crippen LogP contribution >= 0.6 is 0 Å². The van der Waals surface area contributed by atoms with E-state index in [-0.39, 0.29) is 0 Å². The monoisotopic (exact) mass is 166 g/mol. The highest BCUT2D eigenvalue weighted by atomic mass is 14.1. The molecule has 70 valence electrons. The fourth-order valence-corrected chi connectivity index (χ4v) is 1.37. The average Bonchev–Trinajstić information content (AvgIpc) is 2.11. The predicted octanol–water partition coefficient (Wildman–Crippen LogP) is 4.34. The number of allylic oxidation sites excluding steroid dienone is 2. The van der Waals surface area contributed by atoms with Crippen LogP contribution in [0.3, 0.4) is 0 Å². The van der Waals surface area contributed by atoms with Crippen molar-refractivity contribution < 1.29 is 0 Å². The van der Waals surface area contributed by atoms with Gasteiger partial charge >= 0.3 is 0 Å². The molecule has 0 aromatic carbocycles. The average molecular weight is 166 g/mol. The molecule has 0 amide bonds. The van der Waals surface area contributed by atoms with Crippen LogP contribution < -0.4 is 0 Å². The number of rotatable bonds is 8. The van der Waals surface area contributed by atoms with Gasteiger partial charge in [0.15, 0.2) is 0 Å². The Kier molecular flexibility index (Phi) is 8.20. The van der Waals surface area contributed by atoms with Crippen LogP contribution in [0.2, 0.25) is 0 Å². The lowest BCUT2D eigenvalue weighted by molar-refractivity contribution is 0.504. The zero-order chi connectivity index (χ0) is 9.23. The zero-order valence-electron chi connectivity index (χ0n) is 8.39. The molecule has 0 nitrogen and oxygen atoms in total. The molecule has 0 saturated heterocycles. The molecule has 0 bridgehead atoms. The molecule has 1 atom stereocenters. The lowest BCUT2D eigenvalue weighted by atomic mass is 9.96. The Morgan fingerprint density at radius 1 is 1.17 bits per heavy atom. The van der Waals surface area contributed by atoms with Gasteiger partial charge in [-0.2, -0.15) is 0 Å². The van der Waals surface area contributed by atoms with Gasteiger partial charge in [-0.25, -0.2) is 0 Å². The van der Waals surface area contributed by atoms with Crippen molar-refractivity contribution in [1.29, 1.82) is 0 Å². The summed E-state index contributed by atoms with van der Waals surface area (Å²) in [6.45, 7) is 9.83. The maximum atomic E-state index is 3.87. The lowest BCUT2D eigenvalue weighted by Crippen LogP contribution is -1.95. The van der Waals surface area contributed by atoms with E-state index >= 15 is 0 Å². The summed E-state index contributed by atoms with van der Waals surface area (Å²) in [6.07, 6.45) is 11.8. The van der Waals surface area contributed by atoms with Crippen molar-refractivity contribution in [3.63, 3.8) is 0 Å². The van der Waals surface area contributed by atoms with E-state index in [1.54, 1.807) is 0 Å². The molecule has 0 N–H and O–H groups in total. The standard InChI is InChI=1S/C12H22/c1-4-7-9-11-12(6-3)10-8-5-2/h4,6,12H,1,3,5,7-11H2,2H3. The summed E-state index contributed by atoms with van der Waals surface area (Å²) in [6, 6.07) is 0. The first-order chi connectivity index (χ1) is 5.85. The van der Waals surface area contributed by atoms with Crippen LogP contribution in [-0.4, -0.2) is 0 Å². The first kappa shape index (κ1) is 11.5. The molecular formula is C12H22. The van der Waals surface area contributed by atoms with E-state index < -0.39 is 0 Å². The molecule has 0 spiro atoms. The minimum Gasteiger partial charge on any atom is -0.103 e. The summed E-state index contributed by atoms with van der Waals surface area (Å²) < 4.78 is 0. The van der Waals surface area contributed by atoms with Crippen molar-refractivity contribution in [3.05, 3.63) is 25.3 Å². The summed E-state index contributed by atoms with van der Waals surface area (Å²) in [7, 11) is 0. The van der Waals surface area contributed by atoms with Crippen molar-refractivity contribution in [1.82, 2.24) is 0 Å². The quantitative estimate of drug-likeness (QED) is 0.372. The number of unbranched alkanes of at least 4 members (excludes halogenated alkanes) is 2. The second kappa shape index (κ2) is 8.58. The summed E-state index contributed by atoms with van der Waals surface area (Å²) in [5.74, 6) is 0.741. The van der Waals surface area contributed by atoms with E-state index in [0.29, 0.717) is 0 Å². The minimum absolute atomic E-state index is 0.741. The zero-order valence-corrected chi connectivity index (χ0v) is 8.39. The highest BCUT2D eigenvalue weighted by Gasteiger charge is 2.01. The van der Waals surface area contributed by atoms with Gasteiger partial charge in [0.25, 0.3) is 0 Å². The molecule has 0 heteroatoms. The van der Waals surface area contributed by atoms with Gasteiger partial charge < -0.3 is 0 Å². The third-order valence-electron chi connectivity index (χ3n) is 2.24. The molecule has 12 heavy (non-hydrogen) atoms. The Hall–Kier alpha value is -0.520. The lowest BCUT2D eigenvalue weighted by Gasteiger charge is -2.10. The topological polar surface area (TPSA) is 0 Å². The Morgan fingerprint density at radius 3 is 2.33 bits per heavy atom. The van der Waals surface area contributed by atoms with Gasteiger partial charge in [0.1, 0.15) is 0 Å². The van der Waals surface area contributed by atoms with E-state index in [4.69, 9.17) is 0 Å². The van der Waals surface area contributed by atoms with Crippen molar-refractivity contribution in [2.75, 3.05) is 0 Å².